The van der Waals surface area contributed by atoms with E-state index in [-0.39, 0.29) is 13.1 Å². The maximum atomic E-state index is 12.2. The van der Waals surface area contributed by atoms with Crippen molar-refractivity contribution in [2.24, 2.45) is 11.3 Å². The van der Waals surface area contributed by atoms with Crippen molar-refractivity contribution in [2.45, 2.75) is 19.0 Å². The van der Waals surface area contributed by atoms with Crippen molar-refractivity contribution in [2.75, 3.05) is 13.1 Å². The zero-order chi connectivity index (χ0) is 12.1. The summed E-state index contributed by atoms with van der Waals surface area (Å²) < 4.78 is 36.5. The summed E-state index contributed by atoms with van der Waals surface area (Å²) >= 11 is 0. The number of alkyl halides is 3. The summed E-state index contributed by atoms with van der Waals surface area (Å²) in [4.78, 5) is 22.4. The van der Waals surface area contributed by atoms with Gasteiger partial charge in [0.25, 0.3) is 0 Å². The van der Waals surface area contributed by atoms with Crippen LogP contribution in [0.4, 0.5) is 13.2 Å². The Morgan fingerprint density at radius 1 is 1.31 bits per heavy atom. The molecule has 1 amide bonds. The van der Waals surface area contributed by atoms with Crippen LogP contribution in [0, 0.1) is 11.3 Å². The average Bonchev–Trinajstić information content (AvgIpc) is 2.76. The van der Waals surface area contributed by atoms with Gasteiger partial charge in [-0.05, 0) is 12.8 Å². The first kappa shape index (κ1) is 11.2. The average molecular weight is 237 g/mol. The first-order valence-corrected chi connectivity index (χ1v) is 4.85. The summed E-state index contributed by atoms with van der Waals surface area (Å²) in [6.07, 6.45) is -3.74. The normalized spacial score (nSPS) is 27.2. The summed E-state index contributed by atoms with van der Waals surface area (Å²) in [5, 5.41) is 8.87. The minimum absolute atomic E-state index is 0.0810. The van der Waals surface area contributed by atoms with Gasteiger partial charge in [0, 0.05) is 18.5 Å². The molecule has 1 heterocycles. The first-order chi connectivity index (χ1) is 7.26. The number of carbonyl (C=O) groups excluding carboxylic acids is 1. The van der Waals surface area contributed by atoms with Gasteiger partial charge in [-0.3, -0.25) is 9.59 Å². The standard InChI is InChI=1S/C9H10F3NO3/c10-9(11,12)7(16)13-3-5(6(14)15)8(4-13)1-2-8/h5H,1-4H2,(H,14,15). The van der Waals surface area contributed by atoms with Crippen molar-refractivity contribution in [3.05, 3.63) is 0 Å². The molecule has 0 radical (unpaired) electrons. The molecular formula is C9H10F3NO3. The van der Waals surface area contributed by atoms with Gasteiger partial charge in [0.15, 0.2) is 0 Å². The van der Waals surface area contributed by atoms with E-state index in [0.29, 0.717) is 17.7 Å². The number of hydrogen-bond acceptors (Lipinski definition) is 2. The second kappa shape index (κ2) is 3.11. The SMILES string of the molecule is O=C(O)C1CN(C(=O)C(F)(F)F)CC12CC2. The molecule has 1 aliphatic carbocycles. The highest BCUT2D eigenvalue weighted by Crippen LogP contribution is 2.56. The molecule has 0 aromatic carbocycles. The molecule has 1 N–H and O–H groups in total. The van der Waals surface area contributed by atoms with Gasteiger partial charge in [0.1, 0.15) is 0 Å². The Bertz CT molecular complexity index is 348. The van der Waals surface area contributed by atoms with Crippen molar-refractivity contribution in [3.63, 3.8) is 0 Å². The number of carboxylic acid groups (broad SMARTS) is 1. The molecule has 1 unspecified atom stereocenters. The number of halogens is 3. The molecule has 0 aromatic rings. The molecule has 2 aliphatic rings. The lowest BCUT2D eigenvalue weighted by molar-refractivity contribution is -0.184. The molecule has 7 heteroatoms. The molecule has 0 bridgehead atoms. The number of likely N-dealkylation sites (tertiary alicyclic amines) is 1. The molecular weight excluding hydrogens is 227 g/mol. The van der Waals surface area contributed by atoms with Crippen LogP contribution in [0.25, 0.3) is 0 Å². The van der Waals surface area contributed by atoms with Crippen LogP contribution < -0.4 is 0 Å². The van der Waals surface area contributed by atoms with E-state index in [1.807, 2.05) is 0 Å². The van der Waals surface area contributed by atoms with Crippen LogP contribution in [0.3, 0.4) is 0 Å². The summed E-state index contributed by atoms with van der Waals surface area (Å²) in [6.45, 7) is -0.407. The van der Waals surface area contributed by atoms with Crippen LogP contribution in [-0.2, 0) is 9.59 Å². The third kappa shape index (κ3) is 1.64. The molecule has 90 valence electrons. The summed E-state index contributed by atoms with van der Waals surface area (Å²) in [5.74, 6) is -3.89. The van der Waals surface area contributed by atoms with E-state index >= 15 is 0 Å². The Morgan fingerprint density at radius 2 is 1.88 bits per heavy atom. The van der Waals surface area contributed by atoms with Crippen molar-refractivity contribution in [1.29, 1.82) is 0 Å². The zero-order valence-corrected chi connectivity index (χ0v) is 8.25. The molecule has 1 saturated heterocycles. The molecule has 1 aliphatic heterocycles. The minimum atomic E-state index is -4.91. The van der Waals surface area contributed by atoms with Crippen LogP contribution >= 0.6 is 0 Å². The van der Waals surface area contributed by atoms with E-state index in [4.69, 9.17) is 5.11 Å². The van der Waals surface area contributed by atoms with E-state index in [0.717, 1.165) is 0 Å². The number of rotatable bonds is 1. The van der Waals surface area contributed by atoms with Crippen LogP contribution in [-0.4, -0.2) is 41.1 Å². The third-order valence-corrected chi connectivity index (χ3v) is 3.37. The van der Waals surface area contributed by atoms with E-state index < -0.39 is 29.4 Å². The van der Waals surface area contributed by atoms with E-state index in [2.05, 4.69) is 0 Å². The molecule has 1 spiro atoms. The van der Waals surface area contributed by atoms with Crippen molar-refractivity contribution in [3.8, 4) is 0 Å². The predicted molar refractivity (Wildman–Crippen MR) is 45.4 cm³/mol. The topological polar surface area (TPSA) is 57.6 Å². The van der Waals surface area contributed by atoms with E-state index in [1.54, 1.807) is 0 Å². The van der Waals surface area contributed by atoms with Gasteiger partial charge in [-0.25, -0.2) is 0 Å². The van der Waals surface area contributed by atoms with Gasteiger partial charge in [-0.15, -0.1) is 0 Å². The fourth-order valence-electron chi connectivity index (χ4n) is 2.31. The van der Waals surface area contributed by atoms with Crippen molar-refractivity contribution < 1.29 is 27.9 Å². The predicted octanol–water partition coefficient (Wildman–Crippen LogP) is 0.872. The summed E-state index contributed by atoms with van der Waals surface area (Å²) in [5.41, 5.74) is -0.591. The number of carbonyl (C=O) groups is 2. The second-order valence-corrected chi connectivity index (χ2v) is 4.44. The van der Waals surface area contributed by atoms with Crippen molar-refractivity contribution in [1.82, 2.24) is 4.90 Å². The van der Waals surface area contributed by atoms with E-state index in [1.165, 1.54) is 0 Å². The maximum Gasteiger partial charge on any atom is 0.471 e. The minimum Gasteiger partial charge on any atom is -0.481 e. The molecule has 1 atom stereocenters. The number of hydrogen-bond donors (Lipinski definition) is 1. The lowest BCUT2D eigenvalue weighted by Crippen LogP contribution is -2.40. The lowest BCUT2D eigenvalue weighted by atomic mass is 9.93. The summed E-state index contributed by atoms with van der Waals surface area (Å²) in [7, 11) is 0. The number of carboxylic acids is 1. The van der Waals surface area contributed by atoms with Gasteiger partial charge >= 0.3 is 18.1 Å². The lowest BCUT2D eigenvalue weighted by Gasteiger charge is -2.17. The number of amides is 1. The quantitative estimate of drug-likeness (QED) is 0.736. The number of aliphatic carboxylic acids is 1. The van der Waals surface area contributed by atoms with Gasteiger partial charge < -0.3 is 10.0 Å². The molecule has 2 fully saturated rings. The first-order valence-electron chi connectivity index (χ1n) is 4.85. The Labute approximate surface area is 89.0 Å². The van der Waals surface area contributed by atoms with Gasteiger partial charge in [-0.1, -0.05) is 0 Å². The molecule has 0 aromatic heterocycles. The third-order valence-electron chi connectivity index (χ3n) is 3.37. The zero-order valence-electron chi connectivity index (χ0n) is 8.25. The smallest absolute Gasteiger partial charge is 0.471 e. The van der Waals surface area contributed by atoms with Crippen LogP contribution in [0.2, 0.25) is 0 Å². The highest BCUT2D eigenvalue weighted by atomic mass is 19.4. The largest absolute Gasteiger partial charge is 0.481 e. The van der Waals surface area contributed by atoms with Crippen LogP contribution in [0.1, 0.15) is 12.8 Å². The fraction of sp³-hybridized carbons (Fsp3) is 0.778. The highest BCUT2D eigenvalue weighted by molar-refractivity contribution is 5.84. The second-order valence-electron chi connectivity index (χ2n) is 4.44. The fourth-order valence-corrected chi connectivity index (χ4v) is 2.31. The molecule has 16 heavy (non-hydrogen) atoms. The van der Waals surface area contributed by atoms with Crippen molar-refractivity contribution >= 4 is 11.9 Å². The monoisotopic (exact) mass is 237 g/mol. The Balaban J connectivity index is 2.12. The van der Waals surface area contributed by atoms with Crippen LogP contribution in [0.5, 0.6) is 0 Å². The molecule has 1 saturated carbocycles. The van der Waals surface area contributed by atoms with Crippen LogP contribution in [0.15, 0.2) is 0 Å². The highest BCUT2D eigenvalue weighted by Gasteiger charge is 2.61. The van der Waals surface area contributed by atoms with Gasteiger partial charge in [-0.2, -0.15) is 13.2 Å². The maximum absolute atomic E-state index is 12.2. The Morgan fingerprint density at radius 3 is 2.19 bits per heavy atom. The molecule has 2 rings (SSSR count). The Hall–Kier alpha value is -1.27. The number of nitrogens with zero attached hydrogens (tertiary/aromatic N) is 1. The van der Waals surface area contributed by atoms with Gasteiger partial charge in [0.2, 0.25) is 0 Å². The van der Waals surface area contributed by atoms with Gasteiger partial charge in [0.05, 0.1) is 5.92 Å². The van der Waals surface area contributed by atoms with E-state index in [9.17, 15) is 22.8 Å². The summed E-state index contributed by atoms with van der Waals surface area (Å²) in [6, 6.07) is 0. The Kier molecular flexibility index (Phi) is 2.18. The molecule has 4 nitrogen and oxygen atoms in total.